The average Bonchev–Trinajstić information content (AvgIpc) is 3.04. The molecule has 0 aliphatic rings. The van der Waals surface area contributed by atoms with Gasteiger partial charge in [-0.2, -0.15) is 0 Å². The SMILES string of the molecule is CN(C)C=c1c2ccccc2c2[nH]c(=O)c3nccn3c12. The number of nitrogens with zero attached hydrogens (tertiary/aromatic N) is 3. The first-order chi connectivity index (χ1) is 10.2. The molecule has 4 rings (SSSR count). The molecule has 0 saturated heterocycles. The molecule has 0 aliphatic carbocycles. The van der Waals surface area contributed by atoms with Crippen LogP contribution in [0.15, 0.2) is 41.5 Å². The first-order valence-electron chi connectivity index (χ1n) is 6.74. The molecule has 5 heteroatoms. The van der Waals surface area contributed by atoms with E-state index in [4.69, 9.17) is 0 Å². The zero-order chi connectivity index (χ0) is 14.6. The molecule has 4 aromatic rings. The van der Waals surface area contributed by atoms with E-state index in [9.17, 15) is 4.79 Å². The van der Waals surface area contributed by atoms with Crippen LogP contribution in [0.4, 0.5) is 0 Å². The second kappa shape index (κ2) is 4.09. The lowest BCUT2D eigenvalue weighted by atomic mass is 10.2. The first kappa shape index (κ1) is 12.0. The monoisotopic (exact) mass is 278 g/mol. The van der Waals surface area contributed by atoms with Gasteiger partial charge in [-0.3, -0.25) is 9.20 Å². The summed E-state index contributed by atoms with van der Waals surface area (Å²) in [6.45, 7) is 0. The van der Waals surface area contributed by atoms with Gasteiger partial charge in [0.15, 0.2) is 0 Å². The van der Waals surface area contributed by atoms with Crippen LogP contribution in [-0.4, -0.2) is 33.4 Å². The Morgan fingerprint density at radius 2 is 2.00 bits per heavy atom. The Hall–Kier alpha value is -2.82. The normalized spacial score (nSPS) is 12.8. The minimum absolute atomic E-state index is 0.167. The van der Waals surface area contributed by atoms with Gasteiger partial charge in [-0.1, -0.05) is 24.3 Å². The van der Waals surface area contributed by atoms with Crippen LogP contribution < -0.4 is 10.8 Å². The number of benzene rings is 1. The van der Waals surface area contributed by atoms with Crippen LogP contribution in [0.25, 0.3) is 33.7 Å². The van der Waals surface area contributed by atoms with Gasteiger partial charge in [-0.25, -0.2) is 4.98 Å². The molecule has 0 fully saturated rings. The van der Waals surface area contributed by atoms with Crippen molar-refractivity contribution in [3.63, 3.8) is 0 Å². The predicted octanol–water partition coefficient (Wildman–Crippen LogP) is 1.35. The van der Waals surface area contributed by atoms with Gasteiger partial charge >= 0.3 is 0 Å². The average molecular weight is 278 g/mol. The fourth-order valence-corrected chi connectivity index (χ4v) is 2.91. The standard InChI is InChI=1S/C16H14N4O/c1-19(2)9-12-10-5-3-4-6-11(10)13-14(12)20-8-7-17-15(20)16(21)18-13/h3-9H,1-2H3,(H,18,21). The molecule has 0 unspecified atom stereocenters. The third-order valence-corrected chi connectivity index (χ3v) is 3.69. The maximum Gasteiger partial charge on any atom is 0.292 e. The third kappa shape index (κ3) is 1.57. The smallest absolute Gasteiger partial charge is 0.292 e. The molecule has 2 aromatic heterocycles. The number of hydrogen-bond donors (Lipinski definition) is 1. The Balaban J connectivity index is 2.43. The lowest BCUT2D eigenvalue weighted by Crippen LogP contribution is -2.15. The van der Waals surface area contributed by atoms with E-state index in [2.05, 4.69) is 22.2 Å². The van der Waals surface area contributed by atoms with Crippen molar-refractivity contribution in [3.8, 4) is 0 Å². The molecule has 21 heavy (non-hydrogen) atoms. The molecule has 104 valence electrons. The van der Waals surface area contributed by atoms with Crippen LogP contribution in [0.1, 0.15) is 0 Å². The molecule has 5 nitrogen and oxygen atoms in total. The number of imidazole rings is 1. The molecular formula is C16H14N4O. The number of rotatable bonds is 1. The quantitative estimate of drug-likeness (QED) is 0.572. The van der Waals surface area contributed by atoms with Gasteiger partial charge in [0.05, 0.1) is 11.0 Å². The van der Waals surface area contributed by atoms with E-state index < -0.39 is 0 Å². The second-order valence-corrected chi connectivity index (χ2v) is 5.35. The highest BCUT2D eigenvalue weighted by molar-refractivity contribution is 6.09. The van der Waals surface area contributed by atoms with E-state index in [1.807, 2.05) is 47.8 Å². The Bertz CT molecular complexity index is 1090. The van der Waals surface area contributed by atoms with Crippen molar-refractivity contribution in [2.75, 3.05) is 14.1 Å². The first-order valence-corrected chi connectivity index (χ1v) is 6.74. The summed E-state index contributed by atoms with van der Waals surface area (Å²) in [5, 5.41) is 3.26. The zero-order valence-corrected chi connectivity index (χ0v) is 11.8. The number of fused-ring (bicyclic) bond motifs is 5. The fraction of sp³-hybridized carbons (Fsp3) is 0.125. The minimum Gasteiger partial charge on any atom is -0.383 e. The number of hydrogen-bond acceptors (Lipinski definition) is 3. The summed E-state index contributed by atoms with van der Waals surface area (Å²) in [7, 11) is 3.98. The largest absolute Gasteiger partial charge is 0.383 e. The molecule has 0 radical (unpaired) electrons. The van der Waals surface area contributed by atoms with E-state index in [1.165, 1.54) is 0 Å². The summed E-state index contributed by atoms with van der Waals surface area (Å²) in [5.41, 5.74) is 2.09. The van der Waals surface area contributed by atoms with E-state index in [1.54, 1.807) is 6.20 Å². The molecule has 2 aromatic carbocycles. The van der Waals surface area contributed by atoms with Crippen LogP contribution >= 0.6 is 0 Å². The van der Waals surface area contributed by atoms with Crippen LogP contribution in [0.2, 0.25) is 0 Å². The van der Waals surface area contributed by atoms with Gasteiger partial charge in [0.1, 0.15) is 0 Å². The molecule has 2 heterocycles. The van der Waals surface area contributed by atoms with E-state index in [0.29, 0.717) is 5.65 Å². The van der Waals surface area contributed by atoms with E-state index in [-0.39, 0.29) is 5.56 Å². The summed E-state index contributed by atoms with van der Waals surface area (Å²) < 4.78 is 1.86. The molecule has 0 atom stereocenters. The van der Waals surface area contributed by atoms with Crippen LogP contribution in [0.3, 0.4) is 0 Å². The number of H-pyrrole nitrogens is 1. The number of nitrogens with one attached hydrogen (secondary N) is 1. The maximum absolute atomic E-state index is 12.2. The van der Waals surface area contributed by atoms with Gasteiger partial charge in [0.2, 0.25) is 5.65 Å². The van der Waals surface area contributed by atoms with Crippen molar-refractivity contribution in [3.05, 3.63) is 52.2 Å². The lowest BCUT2D eigenvalue weighted by Gasteiger charge is -2.03. The summed E-state index contributed by atoms with van der Waals surface area (Å²) in [5.74, 6) is 0. The van der Waals surface area contributed by atoms with Crippen molar-refractivity contribution in [1.29, 1.82) is 0 Å². The summed E-state index contributed by atoms with van der Waals surface area (Å²) in [4.78, 5) is 21.3. The van der Waals surface area contributed by atoms with Gasteiger partial charge in [-0.15, -0.1) is 0 Å². The van der Waals surface area contributed by atoms with E-state index >= 15 is 0 Å². The number of aromatic amines is 1. The highest BCUT2D eigenvalue weighted by Crippen LogP contribution is 2.21. The molecular weight excluding hydrogens is 264 g/mol. The van der Waals surface area contributed by atoms with E-state index in [0.717, 1.165) is 27.0 Å². The number of aromatic nitrogens is 3. The van der Waals surface area contributed by atoms with Crippen LogP contribution in [-0.2, 0) is 0 Å². The van der Waals surface area contributed by atoms with Crippen LogP contribution in [0.5, 0.6) is 0 Å². The summed E-state index contributed by atoms with van der Waals surface area (Å²) >= 11 is 0. The topological polar surface area (TPSA) is 53.4 Å². The highest BCUT2D eigenvalue weighted by atomic mass is 16.1. The second-order valence-electron chi connectivity index (χ2n) is 5.35. The highest BCUT2D eigenvalue weighted by Gasteiger charge is 2.13. The van der Waals surface area contributed by atoms with Crippen molar-refractivity contribution < 1.29 is 0 Å². The maximum atomic E-state index is 12.2. The predicted molar refractivity (Wildman–Crippen MR) is 84.2 cm³/mol. The van der Waals surface area contributed by atoms with Gasteiger partial charge in [0, 0.05) is 43.3 Å². The minimum atomic E-state index is -0.167. The Morgan fingerprint density at radius 1 is 1.24 bits per heavy atom. The lowest BCUT2D eigenvalue weighted by molar-refractivity contribution is 0.615. The Kier molecular flexibility index (Phi) is 2.33. The molecule has 0 amide bonds. The van der Waals surface area contributed by atoms with Gasteiger partial charge in [0.25, 0.3) is 5.56 Å². The molecule has 1 N–H and O–H groups in total. The van der Waals surface area contributed by atoms with Crippen molar-refractivity contribution >= 4 is 33.7 Å². The molecule has 0 saturated carbocycles. The fourth-order valence-electron chi connectivity index (χ4n) is 2.91. The van der Waals surface area contributed by atoms with Crippen molar-refractivity contribution in [1.82, 2.24) is 19.3 Å². The summed E-state index contributed by atoms with van der Waals surface area (Å²) in [6.07, 6.45) is 5.56. The molecule has 0 aliphatic heterocycles. The summed E-state index contributed by atoms with van der Waals surface area (Å²) in [6, 6.07) is 8.10. The Labute approximate surface area is 120 Å². The van der Waals surface area contributed by atoms with Crippen molar-refractivity contribution in [2.24, 2.45) is 0 Å². The van der Waals surface area contributed by atoms with Crippen molar-refractivity contribution in [2.45, 2.75) is 0 Å². The Morgan fingerprint density at radius 3 is 2.76 bits per heavy atom. The molecule has 0 spiro atoms. The molecule has 0 bridgehead atoms. The van der Waals surface area contributed by atoms with Crippen LogP contribution in [0, 0.1) is 0 Å². The third-order valence-electron chi connectivity index (χ3n) is 3.69. The van der Waals surface area contributed by atoms with Gasteiger partial charge < -0.3 is 9.88 Å². The zero-order valence-electron chi connectivity index (χ0n) is 11.8. The van der Waals surface area contributed by atoms with Gasteiger partial charge in [-0.05, 0) is 5.39 Å².